The zero-order valence-electron chi connectivity index (χ0n) is 10.5. The van der Waals surface area contributed by atoms with E-state index in [4.69, 9.17) is 14.9 Å². The van der Waals surface area contributed by atoms with Crippen molar-refractivity contribution in [2.24, 2.45) is 0 Å². The van der Waals surface area contributed by atoms with Crippen LogP contribution in [0.5, 0.6) is 0 Å². The predicted octanol–water partition coefficient (Wildman–Crippen LogP) is 0.802. The standard InChI is InChI=1S/C11H18N2O4S/c1-3-13(4-5-14)6-9-12-8(7-17-2)10(18-9)11(15)16/h14H,3-7H2,1-2H3,(H,15,16). The SMILES string of the molecule is CCN(CCO)Cc1nc(COC)c(C(=O)O)s1. The Morgan fingerprint density at radius 3 is 2.78 bits per heavy atom. The monoisotopic (exact) mass is 274 g/mol. The second-order valence-corrected chi connectivity index (χ2v) is 4.80. The van der Waals surface area contributed by atoms with Crippen LogP contribution in [0.3, 0.4) is 0 Å². The fourth-order valence-electron chi connectivity index (χ4n) is 1.55. The van der Waals surface area contributed by atoms with Gasteiger partial charge in [-0.2, -0.15) is 0 Å². The van der Waals surface area contributed by atoms with Crippen LogP contribution in [0.25, 0.3) is 0 Å². The molecule has 0 aliphatic heterocycles. The molecule has 102 valence electrons. The summed E-state index contributed by atoms with van der Waals surface area (Å²) in [6.45, 7) is 4.14. The molecular weight excluding hydrogens is 256 g/mol. The van der Waals surface area contributed by atoms with Crippen LogP contribution in [0.4, 0.5) is 0 Å². The lowest BCUT2D eigenvalue weighted by Crippen LogP contribution is -2.26. The van der Waals surface area contributed by atoms with Gasteiger partial charge in [-0.1, -0.05) is 6.92 Å². The van der Waals surface area contributed by atoms with E-state index in [9.17, 15) is 4.79 Å². The van der Waals surface area contributed by atoms with Crippen molar-refractivity contribution in [1.29, 1.82) is 0 Å². The number of carboxylic acid groups (broad SMARTS) is 1. The summed E-state index contributed by atoms with van der Waals surface area (Å²) < 4.78 is 4.94. The number of likely N-dealkylation sites (N-methyl/N-ethyl adjacent to an activating group) is 1. The summed E-state index contributed by atoms with van der Waals surface area (Å²) in [5.74, 6) is -0.976. The van der Waals surface area contributed by atoms with Gasteiger partial charge in [-0.05, 0) is 6.54 Å². The molecule has 18 heavy (non-hydrogen) atoms. The van der Waals surface area contributed by atoms with Crippen LogP contribution >= 0.6 is 11.3 Å². The third-order valence-electron chi connectivity index (χ3n) is 2.44. The first-order chi connectivity index (χ1) is 8.62. The van der Waals surface area contributed by atoms with Gasteiger partial charge in [-0.25, -0.2) is 9.78 Å². The lowest BCUT2D eigenvalue weighted by molar-refractivity contribution is 0.0697. The number of rotatable bonds is 8. The summed E-state index contributed by atoms with van der Waals surface area (Å²) in [6, 6.07) is 0. The molecule has 0 unspecified atom stereocenters. The number of thiazole rings is 1. The highest BCUT2D eigenvalue weighted by Gasteiger charge is 2.18. The van der Waals surface area contributed by atoms with E-state index in [2.05, 4.69) is 4.98 Å². The molecular formula is C11H18N2O4S. The smallest absolute Gasteiger partial charge is 0.347 e. The van der Waals surface area contributed by atoms with Crippen LogP contribution in [0.1, 0.15) is 27.3 Å². The molecule has 0 spiro atoms. The number of aromatic nitrogens is 1. The first-order valence-corrected chi connectivity index (χ1v) is 6.48. The minimum atomic E-state index is -0.976. The molecule has 1 heterocycles. The largest absolute Gasteiger partial charge is 0.477 e. The summed E-state index contributed by atoms with van der Waals surface area (Å²) in [6.07, 6.45) is 0. The average Bonchev–Trinajstić information content (AvgIpc) is 2.72. The quantitative estimate of drug-likeness (QED) is 0.729. The van der Waals surface area contributed by atoms with Crippen LogP contribution in [0.15, 0.2) is 0 Å². The summed E-state index contributed by atoms with van der Waals surface area (Å²) in [7, 11) is 1.51. The normalized spacial score (nSPS) is 11.1. The van der Waals surface area contributed by atoms with Crippen molar-refractivity contribution in [1.82, 2.24) is 9.88 Å². The van der Waals surface area contributed by atoms with Crippen molar-refractivity contribution in [3.05, 3.63) is 15.6 Å². The van der Waals surface area contributed by atoms with Gasteiger partial charge >= 0.3 is 5.97 Å². The topological polar surface area (TPSA) is 82.9 Å². The summed E-state index contributed by atoms with van der Waals surface area (Å²) in [4.78, 5) is 17.6. The Kier molecular flexibility index (Phi) is 6.20. The highest BCUT2D eigenvalue weighted by Crippen LogP contribution is 2.20. The molecule has 7 heteroatoms. The minimum absolute atomic E-state index is 0.0793. The van der Waals surface area contributed by atoms with Gasteiger partial charge in [-0.3, -0.25) is 4.90 Å². The van der Waals surface area contributed by atoms with Crippen LogP contribution in [0, 0.1) is 0 Å². The van der Waals surface area contributed by atoms with E-state index in [1.807, 2.05) is 11.8 Å². The molecule has 0 saturated heterocycles. The number of hydrogen-bond acceptors (Lipinski definition) is 6. The number of aromatic carboxylic acids is 1. The van der Waals surface area contributed by atoms with Gasteiger partial charge in [0.25, 0.3) is 0 Å². The van der Waals surface area contributed by atoms with Crippen molar-refractivity contribution in [2.75, 3.05) is 26.8 Å². The maximum Gasteiger partial charge on any atom is 0.347 e. The summed E-state index contributed by atoms with van der Waals surface area (Å²) in [5, 5.41) is 18.7. The second kappa shape index (κ2) is 7.42. The summed E-state index contributed by atoms with van der Waals surface area (Å²) in [5.41, 5.74) is 0.463. The molecule has 0 radical (unpaired) electrons. The fourth-order valence-corrected chi connectivity index (χ4v) is 2.50. The van der Waals surface area contributed by atoms with Gasteiger partial charge in [0, 0.05) is 13.7 Å². The molecule has 2 N–H and O–H groups in total. The van der Waals surface area contributed by atoms with Gasteiger partial charge < -0.3 is 14.9 Å². The van der Waals surface area contributed by atoms with Crippen LogP contribution in [-0.4, -0.2) is 52.9 Å². The zero-order valence-corrected chi connectivity index (χ0v) is 11.4. The number of aliphatic hydroxyl groups is 1. The van der Waals surface area contributed by atoms with Gasteiger partial charge in [0.1, 0.15) is 9.88 Å². The molecule has 0 atom stereocenters. The maximum absolute atomic E-state index is 11.1. The van der Waals surface area contributed by atoms with E-state index < -0.39 is 5.97 Å². The molecule has 0 fully saturated rings. The third-order valence-corrected chi connectivity index (χ3v) is 3.51. The minimum Gasteiger partial charge on any atom is -0.477 e. The number of carbonyl (C=O) groups is 1. The Balaban J connectivity index is 2.83. The number of carboxylic acids is 1. The average molecular weight is 274 g/mol. The second-order valence-electron chi connectivity index (χ2n) is 3.71. The number of methoxy groups -OCH3 is 1. The van der Waals surface area contributed by atoms with Crippen LogP contribution in [-0.2, 0) is 17.9 Å². The van der Waals surface area contributed by atoms with Crippen LogP contribution in [0.2, 0.25) is 0 Å². The number of aliphatic hydroxyl groups excluding tert-OH is 1. The highest BCUT2D eigenvalue weighted by molar-refractivity contribution is 7.13. The fraction of sp³-hybridized carbons (Fsp3) is 0.636. The van der Waals surface area contributed by atoms with Crippen molar-refractivity contribution in [2.45, 2.75) is 20.1 Å². The van der Waals surface area contributed by atoms with E-state index in [0.717, 1.165) is 22.9 Å². The van der Waals surface area contributed by atoms with Crippen LogP contribution < -0.4 is 0 Å². The van der Waals surface area contributed by atoms with Crippen molar-refractivity contribution < 1.29 is 19.7 Å². The maximum atomic E-state index is 11.1. The molecule has 1 aromatic rings. The first kappa shape index (κ1) is 15.0. The van der Waals surface area contributed by atoms with Crippen molar-refractivity contribution in [3.63, 3.8) is 0 Å². The van der Waals surface area contributed by atoms with E-state index in [0.29, 0.717) is 18.8 Å². The Bertz CT molecular complexity index is 394. The molecule has 1 rings (SSSR count). The zero-order chi connectivity index (χ0) is 13.5. The molecule has 0 bridgehead atoms. The lowest BCUT2D eigenvalue weighted by atomic mass is 10.4. The number of hydrogen-bond donors (Lipinski definition) is 2. The Labute approximate surface area is 110 Å². The predicted molar refractivity (Wildman–Crippen MR) is 67.8 cm³/mol. The first-order valence-electron chi connectivity index (χ1n) is 5.66. The molecule has 0 amide bonds. The van der Waals surface area contributed by atoms with E-state index in [1.54, 1.807) is 0 Å². The van der Waals surface area contributed by atoms with E-state index in [-0.39, 0.29) is 18.1 Å². The van der Waals surface area contributed by atoms with Gasteiger partial charge in [0.2, 0.25) is 0 Å². The van der Waals surface area contributed by atoms with Crippen molar-refractivity contribution >= 4 is 17.3 Å². The Morgan fingerprint density at radius 2 is 2.28 bits per heavy atom. The van der Waals surface area contributed by atoms with Gasteiger partial charge in [-0.15, -0.1) is 11.3 Å². The van der Waals surface area contributed by atoms with E-state index >= 15 is 0 Å². The number of ether oxygens (including phenoxy) is 1. The molecule has 0 saturated carbocycles. The molecule has 1 aromatic heterocycles. The molecule has 0 aromatic carbocycles. The highest BCUT2D eigenvalue weighted by atomic mass is 32.1. The van der Waals surface area contributed by atoms with E-state index in [1.165, 1.54) is 7.11 Å². The van der Waals surface area contributed by atoms with Gasteiger partial charge in [0.05, 0.1) is 25.5 Å². The summed E-state index contributed by atoms with van der Waals surface area (Å²) >= 11 is 1.16. The van der Waals surface area contributed by atoms with Gasteiger partial charge in [0.15, 0.2) is 0 Å². The molecule has 0 aliphatic rings. The lowest BCUT2D eigenvalue weighted by Gasteiger charge is -2.16. The molecule has 6 nitrogen and oxygen atoms in total. The third kappa shape index (κ3) is 4.02. The Morgan fingerprint density at radius 1 is 1.56 bits per heavy atom. The molecule has 0 aliphatic carbocycles. The van der Waals surface area contributed by atoms with Crippen molar-refractivity contribution in [3.8, 4) is 0 Å². The Hall–Kier alpha value is -1.02. The number of nitrogens with zero attached hydrogens (tertiary/aromatic N) is 2.